The minimum absolute atomic E-state index is 0.141. The van der Waals surface area contributed by atoms with Crippen molar-refractivity contribution in [2.75, 3.05) is 14.2 Å². The number of benzene rings is 2. The first-order valence-corrected chi connectivity index (χ1v) is 7.13. The molecule has 0 atom stereocenters. The third-order valence-electron chi connectivity index (χ3n) is 3.55. The van der Waals surface area contributed by atoms with E-state index in [1.807, 2.05) is 36.4 Å². The maximum Gasteiger partial charge on any atom is 0.203 e. The van der Waals surface area contributed by atoms with Crippen molar-refractivity contribution in [3.8, 4) is 11.5 Å². The number of hydrogen-bond donors (Lipinski definition) is 0. The molecule has 1 heterocycles. The van der Waals surface area contributed by atoms with Crippen molar-refractivity contribution >= 4 is 23.1 Å². The van der Waals surface area contributed by atoms with Crippen LogP contribution in [-0.4, -0.2) is 14.2 Å². The van der Waals surface area contributed by atoms with Crippen LogP contribution >= 0.6 is 0 Å². The third-order valence-corrected chi connectivity index (χ3v) is 3.55. The van der Waals surface area contributed by atoms with Gasteiger partial charge in [0.15, 0.2) is 0 Å². The van der Waals surface area contributed by atoms with Crippen LogP contribution in [0.25, 0.3) is 23.1 Å². The first kappa shape index (κ1) is 14.9. The van der Waals surface area contributed by atoms with E-state index < -0.39 is 0 Å². The second kappa shape index (κ2) is 6.40. The zero-order chi connectivity index (χ0) is 16.2. The second-order valence-electron chi connectivity index (χ2n) is 4.97. The molecule has 0 aliphatic carbocycles. The monoisotopic (exact) mass is 308 g/mol. The Hall–Kier alpha value is -3.01. The lowest BCUT2D eigenvalue weighted by Crippen LogP contribution is -2.06. The molecule has 0 bridgehead atoms. The summed E-state index contributed by atoms with van der Waals surface area (Å²) in [6, 6.07) is 13.1. The van der Waals surface area contributed by atoms with Crippen molar-refractivity contribution in [1.29, 1.82) is 0 Å². The van der Waals surface area contributed by atoms with E-state index in [0.29, 0.717) is 28.0 Å². The summed E-state index contributed by atoms with van der Waals surface area (Å²) in [4.78, 5) is 12.7. The molecule has 0 saturated carbocycles. The van der Waals surface area contributed by atoms with Gasteiger partial charge in [-0.1, -0.05) is 36.4 Å². The van der Waals surface area contributed by atoms with Gasteiger partial charge < -0.3 is 13.9 Å². The summed E-state index contributed by atoms with van der Waals surface area (Å²) in [5, 5.41) is 0.406. The predicted molar refractivity (Wildman–Crippen MR) is 91.0 cm³/mol. The average Bonchev–Trinajstić information content (AvgIpc) is 2.61. The van der Waals surface area contributed by atoms with Crippen LogP contribution in [-0.2, 0) is 0 Å². The second-order valence-corrected chi connectivity index (χ2v) is 4.97. The van der Waals surface area contributed by atoms with Crippen molar-refractivity contribution in [2.45, 2.75) is 0 Å². The van der Waals surface area contributed by atoms with Gasteiger partial charge in [-0.25, -0.2) is 0 Å². The SMILES string of the molecule is COc1cc(OC)c2c(=O)c(/C=C/c3ccccc3)coc2c1. The molecular weight excluding hydrogens is 292 g/mol. The Morgan fingerprint density at radius 2 is 1.78 bits per heavy atom. The van der Waals surface area contributed by atoms with Crippen LogP contribution in [0.1, 0.15) is 11.1 Å². The van der Waals surface area contributed by atoms with E-state index in [2.05, 4.69) is 0 Å². The standard InChI is InChI=1S/C19H16O4/c1-21-15-10-16(22-2)18-17(11-15)23-12-14(19(18)20)9-8-13-6-4-3-5-7-13/h3-12H,1-2H3/b9-8+. The summed E-state index contributed by atoms with van der Waals surface area (Å²) in [7, 11) is 3.07. The lowest BCUT2D eigenvalue weighted by molar-refractivity contribution is 0.396. The van der Waals surface area contributed by atoms with Crippen LogP contribution in [0.15, 0.2) is 57.9 Å². The molecule has 23 heavy (non-hydrogen) atoms. The van der Waals surface area contributed by atoms with Crippen molar-refractivity contribution in [1.82, 2.24) is 0 Å². The number of methoxy groups -OCH3 is 2. The summed E-state index contributed by atoms with van der Waals surface area (Å²) in [5.41, 5.74) is 1.76. The molecule has 0 aliphatic rings. The van der Waals surface area contributed by atoms with Gasteiger partial charge in [0.2, 0.25) is 5.43 Å². The van der Waals surface area contributed by atoms with Gasteiger partial charge in [-0.15, -0.1) is 0 Å². The highest BCUT2D eigenvalue weighted by Crippen LogP contribution is 2.29. The summed E-state index contributed by atoms with van der Waals surface area (Å²) in [6.45, 7) is 0. The lowest BCUT2D eigenvalue weighted by Gasteiger charge is -2.07. The molecule has 0 spiro atoms. The normalized spacial score (nSPS) is 11.0. The van der Waals surface area contributed by atoms with Crippen LogP contribution < -0.4 is 14.9 Å². The largest absolute Gasteiger partial charge is 0.496 e. The zero-order valence-corrected chi connectivity index (χ0v) is 12.9. The van der Waals surface area contributed by atoms with Crippen molar-refractivity contribution in [3.63, 3.8) is 0 Å². The van der Waals surface area contributed by atoms with Gasteiger partial charge in [0, 0.05) is 12.1 Å². The van der Waals surface area contributed by atoms with Gasteiger partial charge in [0.1, 0.15) is 28.7 Å². The molecule has 0 unspecified atom stereocenters. The molecule has 3 aromatic rings. The molecule has 0 N–H and O–H groups in total. The van der Waals surface area contributed by atoms with Crippen molar-refractivity contribution in [2.24, 2.45) is 0 Å². The van der Waals surface area contributed by atoms with E-state index in [1.54, 1.807) is 25.3 Å². The van der Waals surface area contributed by atoms with Crippen LogP contribution in [0.4, 0.5) is 0 Å². The minimum atomic E-state index is -0.141. The minimum Gasteiger partial charge on any atom is -0.496 e. The molecule has 3 rings (SSSR count). The fourth-order valence-electron chi connectivity index (χ4n) is 2.35. The Kier molecular flexibility index (Phi) is 4.15. The maximum absolute atomic E-state index is 12.7. The zero-order valence-electron chi connectivity index (χ0n) is 12.9. The predicted octanol–water partition coefficient (Wildman–Crippen LogP) is 3.98. The Morgan fingerprint density at radius 3 is 2.48 bits per heavy atom. The molecule has 1 aromatic heterocycles. The molecule has 0 aliphatic heterocycles. The lowest BCUT2D eigenvalue weighted by atomic mass is 10.1. The summed E-state index contributed by atoms with van der Waals surface area (Å²) < 4.78 is 16.1. The van der Waals surface area contributed by atoms with E-state index in [4.69, 9.17) is 13.9 Å². The highest BCUT2D eigenvalue weighted by atomic mass is 16.5. The van der Waals surface area contributed by atoms with E-state index in [9.17, 15) is 4.79 Å². The highest BCUT2D eigenvalue weighted by Gasteiger charge is 2.12. The fraction of sp³-hybridized carbons (Fsp3) is 0.105. The molecule has 2 aromatic carbocycles. The first-order chi connectivity index (χ1) is 11.2. The number of rotatable bonds is 4. The Labute approximate surface area is 133 Å². The first-order valence-electron chi connectivity index (χ1n) is 7.13. The molecular formula is C19H16O4. The smallest absolute Gasteiger partial charge is 0.203 e. The van der Waals surface area contributed by atoms with Gasteiger partial charge in [-0.3, -0.25) is 4.79 Å². The molecule has 0 fully saturated rings. The summed E-state index contributed by atoms with van der Waals surface area (Å²) in [6.07, 6.45) is 5.06. The molecule has 0 radical (unpaired) electrons. The van der Waals surface area contributed by atoms with E-state index in [0.717, 1.165) is 5.56 Å². The van der Waals surface area contributed by atoms with Crippen LogP contribution in [0.3, 0.4) is 0 Å². The Bertz CT molecular complexity index is 908. The summed E-state index contributed by atoms with van der Waals surface area (Å²) in [5.74, 6) is 1.01. The molecule has 0 saturated heterocycles. The van der Waals surface area contributed by atoms with Gasteiger partial charge in [-0.05, 0) is 11.6 Å². The van der Waals surface area contributed by atoms with E-state index in [-0.39, 0.29) is 5.43 Å². The topological polar surface area (TPSA) is 48.7 Å². The van der Waals surface area contributed by atoms with E-state index >= 15 is 0 Å². The highest BCUT2D eigenvalue weighted by molar-refractivity contribution is 5.87. The molecule has 116 valence electrons. The average molecular weight is 308 g/mol. The van der Waals surface area contributed by atoms with Gasteiger partial charge >= 0.3 is 0 Å². The number of ether oxygens (including phenoxy) is 2. The van der Waals surface area contributed by atoms with Gasteiger partial charge in [0.05, 0.1) is 19.8 Å². The van der Waals surface area contributed by atoms with Crippen molar-refractivity contribution < 1.29 is 13.9 Å². The Morgan fingerprint density at radius 1 is 1.00 bits per heavy atom. The number of hydrogen-bond acceptors (Lipinski definition) is 4. The van der Waals surface area contributed by atoms with Crippen LogP contribution in [0, 0.1) is 0 Å². The molecule has 0 amide bonds. The van der Waals surface area contributed by atoms with Crippen molar-refractivity contribution in [3.05, 3.63) is 70.1 Å². The number of fused-ring (bicyclic) bond motifs is 1. The summed E-state index contributed by atoms with van der Waals surface area (Å²) >= 11 is 0. The van der Waals surface area contributed by atoms with Gasteiger partial charge in [-0.2, -0.15) is 0 Å². The van der Waals surface area contributed by atoms with Crippen LogP contribution in [0.5, 0.6) is 11.5 Å². The molecule has 4 nitrogen and oxygen atoms in total. The maximum atomic E-state index is 12.7. The fourth-order valence-corrected chi connectivity index (χ4v) is 2.35. The molecule has 4 heteroatoms. The van der Waals surface area contributed by atoms with Gasteiger partial charge in [0.25, 0.3) is 0 Å². The third kappa shape index (κ3) is 2.97. The Balaban J connectivity index is 2.12. The van der Waals surface area contributed by atoms with Crippen LogP contribution in [0.2, 0.25) is 0 Å². The van der Waals surface area contributed by atoms with E-state index in [1.165, 1.54) is 13.4 Å². The quantitative estimate of drug-likeness (QED) is 0.731.